The number of aromatic nitrogens is 2. The van der Waals surface area contributed by atoms with Gasteiger partial charge in [-0.15, -0.1) is 0 Å². The third-order valence-corrected chi connectivity index (χ3v) is 4.92. The lowest BCUT2D eigenvalue weighted by molar-refractivity contribution is -0.116. The van der Waals surface area contributed by atoms with E-state index in [1.807, 2.05) is 73.1 Å². The number of benzene rings is 2. The molecular weight excluding hydrogens is 390 g/mol. The maximum Gasteiger partial charge on any atom is 0.244 e. The number of amides is 1. The van der Waals surface area contributed by atoms with Crippen molar-refractivity contribution in [3.05, 3.63) is 87.7 Å². The summed E-state index contributed by atoms with van der Waals surface area (Å²) in [6, 6.07) is 17.8. The Hall–Kier alpha value is -2.66. The second kappa shape index (κ2) is 8.15. The lowest BCUT2D eigenvalue weighted by Crippen LogP contribution is -2.21. The molecule has 1 aromatic heterocycles. The zero-order valence-corrected chi connectivity index (χ0v) is 16.3. The second-order valence-electron chi connectivity index (χ2n) is 5.97. The van der Waals surface area contributed by atoms with Crippen molar-refractivity contribution in [2.24, 2.45) is 0 Å². The summed E-state index contributed by atoms with van der Waals surface area (Å²) in [5, 5.41) is 7.55. The molecular formula is C21H20BrN3O. The van der Waals surface area contributed by atoms with Crippen LogP contribution < -0.4 is 5.32 Å². The highest BCUT2D eigenvalue weighted by atomic mass is 79.9. The number of carbonyl (C=O) groups is 1. The van der Waals surface area contributed by atoms with Crippen molar-refractivity contribution in [3.8, 4) is 5.69 Å². The molecule has 4 nitrogen and oxygen atoms in total. The van der Waals surface area contributed by atoms with Crippen LogP contribution in [0.2, 0.25) is 0 Å². The fourth-order valence-electron chi connectivity index (χ4n) is 2.76. The average Bonchev–Trinajstić information content (AvgIpc) is 2.94. The van der Waals surface area contributed by atoms with Crippen molar-refractivity contribution in [1.29, 1.82) is 0 Å². The maximum atomic E-state index is 12.2. The quantitative estimate of drug-likeness (QED) is 0.626. The Morgan fingerprint density at radius 3 is 2.54 bits per heavy atom. The van der Waals surface area contributed by atoms with Crippen molar-refractivity contribution in [2.75, 3.05) is 0 Å². The maximum absolute atomic E-state index is 12.2. The molecule has 0 fully saturated rings. The Balaban J connectivity index is 1.69. The smallest absolute Gasteiger partial charge is 0.244 e. The van der Waals surface area contributed by atoms with E-state index in [-0.39, 0.29) is 5.91 Å². The molecule has 1 N–H and O–H groups in total. The summed E-state index contributed by atoms with van der Waals surface area (Å²) < 4.78 is 2.87. The number of carbonyl (C=O) groups excluding carboxylic acids is 1. The van der Waals surface area contributed by atoms with Gasteiger partial charge in [-0.3, -0.25) is 4.79 Å². The number of hydrogen-bond donors (Lipinski definition) is 1. The first kappa shape index (κ1) is 18.1. The first-order valence-corrected chi connectivity index (χ1v) is 9.16. The van der Waals surface area contributed by atoms with E-state index in [1.54, 1.807) is 12.2 Å². The normalized spacial score (nSPS) is 11.0. The largest absolute Gasteiger partial charge is 0.348 e. The van der Waals surface area contributed by atoms with Crippen LogP contribution in [0.5, 0.6) is 0 Å². The Morgan fingerprint density at radius 1 is 1.12 bits per heavy atom. The van der Waals surface area contributed by atoms with E-state index in [0.717, 1.165) is 32.7 Å². The molecule has 1 amide bonds. The van der Waals surface area contributed by atoms with E-state index < -0.39 is 0 Å². The van der Waals surface area contributed by atoms with E-state index >= 15 is 0 Å². The highest BCUT2D eigenvalue weighted by Gasteiger charge is 2.13. The van der Waals surface area contributed by atoms with Gasteiger partial charge in [-0.05, 0) is 43.7 Å². The topological polar surface area (TPSA) is 46.9 Å². The van der Waals surface area contributed by atoms with Gasteiger partial charge >= 0.3 is 0 Å². The van der Waals surface area contributed by atoms with Gasteiger partial charge < -0.3 is 5.32 Å². The Labute approximate surface area is 161 Å². The van der Waals surface area contributed by atoms with Crippen LogP contribution in [0, 0.1) is 13.8 Å². The van der Waals surface area contributed by atoms with Crippen LogP contribution in [0.25, 0.3) is 11.8 Å². The summed E-state index contributed by atoms with van der Waals surface area (Å²) in [5.74, 6) is -0.132. The van der Waals surface area contributed by atoms with Gasteiger partial charge in [0.25, 0.3) is 0 Å². The van der Waals surface area contributed by atoms with Crippen molar-refractivity contribution in [2.45, 2.75) is 20.4 Å². The van der Waals surface area contributed by atoms with E-state index in [9.17, 15) is 4.79 Å². The molecule has 0 saturated heterocycles. The summed E-state index contributed by atoms with van der Waals surface area (Å²) in [6.07, 6.45) is 3.35. The third kappa shape index (κ3) is 4.11. The predicted octanol–water partition coefficient (Wildman–Crippen LogP) is 4.58. The standard InChI is InChI=1S/C21H20BrN3O/c1-15-19(16(2)25(24-15)18-9-4-3-5-10-18)14-23-21(26)13-12-17-8-6-7-11-20(17)22/h3-13H,14H2,1-2H3,(H,23,26)/b13-12+. The molecule has 0 unspecified atom stereocenters. The molecule has 0 radical (unpaired) electrons. The van der Waals surface area contributed by atoms with E-state index in [0.29, 0.717) is 6.54 Å². The van der Waals surface area contributed by atoms with Gasteiger partial charge in [-0.25, -0.2) is 4.68 Å². The van der Waals surface area contributed by atoms with Gasteiger partial charge in [0.1, 0.15) is 0 Å². The molecule has 0 aliphatic rings. The highest BCUT2D eigenvalue weighted by molar-refractivity contribution is 9.10. The van der Waals surface area contributed by atoms with Crippen LogP contribution in [0.15, 0.2) is 65.1 Å². The monoisotopic (exact) mass is 409 g/mol. The predicted molar refractivity (Wildman–Crippen MR) is 108 cm³/mol. The summed E-state index contributed by atoms with van der Waals surface area (Å²) in [4.78, 5) is 12.2. The molecule has 0 spiro atoms. The number of para-hydroxylation sites is 1. The molecule has 2 aromatic carbocycles. The summed E-state index contributed by atoms with van der Waals surface area (Å²) in [7, 11) is 0. The van der Waals surface area contributed by atoms with Crippen LogP contribution in [0.4, 0.5) is 0 Å². The first-order valence-electron chi connectivity index (χ1n) is 8.37. The summed E-state index contributed by atoms with van der Waals surface area (Å²) in [5.41, 5.74) is 4.97. The van der Waals surface area contributed by atoms with E-state index in [2.05, 4.69) is 26.3 Å². The Morgan fingerprint density at radius 2 is 1.81 bits per heavy atom. The van der Waals surface area contributed by atoms with Crippen LogP contribution in [-0.2, 0) is 11.3 Å². The second-order valence-corrected chi connectivity index (χ2v) is 6.82. The van der Waals surface area contributed by atoms with E-state index in [1.165, 1.54) is 0 Å². The van der Waals surface area contributed by atoms with Crippen LogP contribution in [0.1, 0.15) is 22.5 Å². The minimum atomic E-state index is -0.132. The molecule has 5 heteroatoms. The van der Waals surface area contributed by atoms with Crippen LogP contribution in [-0.4, -0.2) is 15.7 Å². The van der Waals surface area contributed by atoms with Gasteiger partial charge in [-0.1, -0.05) is 52.3 Å². The van der Waals surface area contributed by atoms with Crippen molar-refractivity contribution in [1.82, 2.24) is 15.1 Å². The van der Waals surface area contributed by atoms with Crippen molar-refractivity contribution < 1.29 is 4.79 Å². The van der Waals surface area contributed by atoms with E-state index in [4.69, 9.17) is 0 Å². The molecule has 1 heterocycles. The molecule has 0 bridgehead atoms. The van der Waals surface area contributed by atoms with Gasteiger partial charge in [0.2, 0.25) is 5.91 Å². The number of halogens is 1. The van der Waals surface area contributed by atoms with Crippen LogP contribution in [0.3, 0.4) is 0 Å². The minimum absolute atomic E-state index is 0.132. The van der Waals surface area contributed by atoms with Gasteiger partial charge in [0.15, 0.2) is 0 Å². The zero-order valence-electron chi connectivity index (χ0n) is 14.7. The lowest BCUT2D eigenvalue weighted by atomic mass is 10.2. The van der Waals surface area contributed by atoms with Crippen molar-refractivity contribution >= 4 is 27.9 Å². The van der Waals surface area contributed by atoms with Crippen molar-refractivity contribution in [3.63, 3.8) is 0 Å². The number of rotatable bonds is 5. The molecule has 0 aliphatic carbocycles. The van der Waals surface area contributed by atoms with Crippen LogP contribution >= 0.6 is 15.9 Å². The number of hydrogen-bond acceptors (Lipinski definition) is 2. The minimum Gasteiger partial charge on any atom is -0.348 e. The third-order valence-electron chi connectivity index (χ3n) is 4.20. The molecule has 0 saturated carbocycles. The molecule has 132 valence electrons. The Kier molecular flexibility index (Phi) is 5.68. The average molecular weight is 410 g/mol. The SMILES string of the molecule is Cc1nn(-c2ccccc2)c(C)c1CNC(=O)/C=C/c1ccccc1Br. The number of aryl methyl sites for hydroxylation is 1. The molecule has 26 heavy (non-hydrogen) atoms. The summed E-state index contributed by atoms with van der Waals surface area (Å²) in [6.45, 7) is 4.43. The summed E-state index contributed by atoms with van der Waals surface area (Å²) >= 11 is 3.47. The first-order chi connectivity index (χ1) is 12.6. The van der Waals surface area contributed by atoms with Gasteiger partial charge in [-0.2, -0.15) is 5.10 Å². The number of nitrogens with zero attached hydrogens (tertiary/aromatic N) is 2. The fraction of sp³-hybridized carbons (Fsp3) is 0.143. The molecule has 0 aliphatic heterocycles. The lowest BCUT2D eigenvalue weighted by Gasteiger charge is -2.06. The van der Waals surface area contributed by atoms with Gasteiger partial charge in [0, 0.05) is 28.4 Å². The van der Waals surface area contributed by atoms with Gasteiger partial charge in [0.05, 0.1) is 11.4 Å². The fourth-order valence-corrected chi connectivity index (χ4v) is 3.18. The molecule has 3 rings (SSSR count). The highest BCUT2D eigenvalue weighted by Crippen LogP contribution is 2.18. The number of nitrogens with one attached hydrogen (secondary N) is 1. The zero-order chi connectivity index (χ0) is 18.5. The molecule has 0 atom stereocenters. The Bertz CT molecular complexity index is 945. The molecule has 3 aromatic rings.